The third-order valence-corrected chi connectivity index (χ3v) is 4.73. The Bertz CT molecular complexity index is 850. The van der Waals surface area contributed by atoms with E-state index in [1.54, 1.807) is 4.90 Å². The average Bonchev–Trinajstić information content (AvgIpc) is 2.88. The monoisotopic (exact) mass is 515 g/mol. The van der Waals surface area contributed by atoms with Gasteiger partial charge in [-0.3, -0.25) is 9.69 Å². The van der Waals surface area contributed by atoms with Gasteiger partial charge in [0.05, 0.1) is 13.2 Å². The van der Waals surface area contributed by atoms with Gasteiger partial charge in [0.25, 0.3) is 0 Å². The molecule has 0 radical (unpaired) electrons. The Morgan fingerprint density at radius 3 is 2.16 bits per heavy atom. The Balaban J connectivity index is 0. The molecule has 0 bridgehead atoms. The van der Waals surface area contributed by atoms with Gasteiger partial charge in [0, 0.05) is 36.8 Å². The largest absolute Gasteiger partial charge is 0.465 e. The number of nitrogen functional groups attached to an aromatic ring is 1. The molecule has 0 aliphatic rings. The molecule has 0 amide bonds. The summed E-state index contributed by atoms with van der Waals surface area (Å²) < 4.78 is 5.21. The fraction of sp³-hybridized carbons (Fsp3) is 0.567. The number of nitrogens with zero attached hydrogens (tertiary/aromatic N) is 3. The van der Waals surface area contributed by atoms with E-state index >= 15 is 0 Å². The van der Waals surface area contributed by atoms with Gasteiger partial charge in [0.15, 0.2) is 0 Å². The van der Waals surface area contributed by atoms with Gasteiger partial charge < -0.3 is 20.8 Å². The van der Waals surface area contributed by atoms with Crippen molar-refractivity contribution in [3.63, 3.8) is 0 Å². The fourth-order valence-corrected chi connectivity index (χ4v) is 3.32. The van der Waals surface area contributed by atoms with Crippen molar-refractivity contribution in [1.29, 1.82) is 5.41 Å². The van der Waals surface area contributed by atoms with Gasteiger partial charge in [-0.1, -0.05) is 71.4 Å². The van der Waals surface area contributed by atoms with Crippen molar-refractivity contribution < 1.29 is 9.53 Å². The van der Waals surface area contributed by atoms with E-state index in [4.69, 9.17) is 15.9 Å². The lowest BCUT2D eigenvalue weighted by Crippen LogP contribution is -2.25. The van der Waals surface area contributed by atoms with E-state index in [1.807, 2.05) is 79.0 Å². The molecule has 0 fully saturated rings. The molecule has 0 spiro atoms. The van der Waals surface area contributed by atoms with Gasteiger partial charge in [0.2, 0.25) is 0 Å². The van der Waals surface area contributed by atoms with Crippen molar-refractivity contribution in [2.75, 3.05) is 51.0 Å². The molecule has 37 heavy (non-hydrogen) atoms. The Morgan fingerprint density at radius 1 is 1.05 bits per heavy atom. The first-order chi connectivity index (χ1) is 17.8. The van der Waals surface area contributed by atoms with Crippen molar-refractivity contribution in [2.24, 2.45) is 0 Å². The number of hydrogen-bond donors (Lipinski definition) is 2. The molecule has 0 saturated heterocycles. The summed E-state index contributed by atoms with van der Waals surface area (Å²) in [6.07, 6.45) is 5.04. The maximum absolute atomic E-state index is 11.5. The second-order valence-corrected chi connectivity index (χ2v) is 8.35. The molecule has 0 atom stereocenters. The van der Waals surface area contributed by atoms with Gasteiger partial charge in [-0.15, -0.1) is 0 Å². The highest BCUT2D eigenvalue weighted by molar-refractivity contribution is 5.77. The predicted molar refractivity (Wildman–Crippen MR) is 161 cm³/mol. The molecular weight excluding hydrogens is 462 g/mol. The number of pyridine rings is 1. The smallest absolute Gasteiger partial charge is 0.320 e. The lowest BCUT2D eigenvalue weighted by atomic mass is 10.2. The summed E-state index contributed by atoms with van der Waals surface area (Å²) in [6.45, 7) is 17.1. The summed E-state index contributed by atoms with van der Waals surface area (Å²) in [4.78, 5) is 20.0. The normalized spacial score (nSPS) is 9.57. The molecule has 1 heterocycles. The minimum absolute atomic E-state index is 0.196. The molecule has 0 unspecified atom stereocenters. The molecule has 3 N–H and O–H groups in total. The van der Waals surface area contributed by atoms with Crippen LogP contribution in [-0.2, 0) is 16.0 Å². The van der Waals surface area contributed by atoms with Crippen LogP contribution in [0.2, 0.25) is 0 Å². The third kappa shape index (κ3) is 18.0. The molecule has 7 nitrogen and oxygen atoms in total. The highest BCUT2D eigenvalue weighted by Gasteiger charge is 2.09. The number of benzene rings is 1. The van der Waals surface area contributed by atoms with E-state index in [0.29, 0.717) is 19.0 Å². The number of carbonyl (C=O) groups excluding carboxylic acids is 1. The lowest BCUT2D eigenvalue weighted by molar-refractivity contribution is -0.144. The lowest BCUT2D eigenvalue weighted by Gasteiger charge is -2.24. The summed E-state index contributed by atoms with van der Waals surface area (Å²) in [6, 6.07) is 11.9. The molecule has 2 aromatic rings. The van der Waals surface area contributed by atoms with Crippen LogP contribution < -0.4 is 10.6 Å². The zero-order valence-electron chi connectivity index (χ0n) is 24.9. The number of aryl methyl sites for hydroxylation is 2. The number of hydrogen-bond acceptors (Lipinski definition) is 7. The SMILES string of the molecule is CC.CC.CCCN(CCC)c1cc(N)nc(CCCOC(=O)CN(C)C)c1.Cc1cccc(C=N)c1. The number of nitrogens with one attached hydrogen (secondary N) is 1. The first-order valence-corrected chi connectivity index (χ1v) is 13.7. The van der Waals surface area contributed by atoms with Crippen molar-refractivity contribution in [3.05, 3.63) is 53.2 Å². The van der Waals surface area contributed by atoms with Gasteiger partial charge in [-0.05, 0) is 58.3 Å². The highest BCUT2D eigenvalue weighted by atomic mass is 16.5. The van der Waals surface area contributed by atoms with E-state index in [2.05, 4.69) is 29.8 Å². The third-order valence-electron chi connectivity index (χ3n) is 4.73. The Morgan fingerprint density at radius 2 is 1.68 bits per heavy atom. The number of ether oxygens (including phenoxy) is 1. The summed E-state index contributed by atoms with van der Waals surface area (Å²) in [5.74, 6) is 0.350. The number of carbonyl (C=O) groups is 1. The van der Waals surface area contributed by atoms with Crippen molar-refractivity contribution in [1.82, 2.24) is 9.88 Å². The van der Waals surface area contributed by atoms with E-state index in [0.717, 1.165) is 55.7 Å². The zero-order chi connectivity index (χ0) is 28.6. The number of likely N-dealkylation sites (N-methyl/N-ethyl adjacent to an activating group) is 1. The van der Waals surface area contributed by atoms with E-state index in [9.17, 15) is 4.79 Å². The Kier molecular flexibility index (Phi) is 23.0. The van der Waals surface area contributed by atoms with Gasteiger partial charge in [-0.25, -0.2) is 4.98 Å². The van der Waals surface area contributed by atoms with Crippen LogP contribution in [0.25, 0.3) is 0 Å². The molecule has 1 aromatic heterocycles. The summed E-state index contributed by atoms with van der Waals surface area (Å²) in [5.41, 5.74) is 10.2. The van der Waals surface area contributed by atoms with Crippen LogP contribution in [0.4, 0.5) is 11.5 Å². The van der Waals surface area contributed by atoms with E-state index < -0.39 is 0 Å². The van der Waals surface area contributed by atoms with E-state index in [1.165, 1.54) is 11.8 Å². The van der Waals surface area contributed by atoms with Crippen LogP contribution in [0.5, 0.6) is 0 Å². The number of esters is 1. The van der Waals surface area contributed by atoms with Gasteiger partial charge >= 0.3 is 5.97 Å². The number of aromatic nitrogens is 1. The zero-order valence-corrected chi connectivity index (χ0v) is 24.9. The molecule has 1 aromatic carbocycles. The number of anilines is 2. The van der Waals surface area contributed by atoms with Gasteiger partial charge in [-0.2, -0.15) is 0 Å². The van der Waals surface area contributed by atoms with Crippen LogP contribution >= 0.6 is 0 Å². The topological polar surface area (TPSA) is 95.5 Å². The van der Waals surface area contributed by atoms with E-state index in [-0.39, 0.29) is 5.97 Å². The molecule has 0 aliphatic heterocycles. The van der Waals surface area contributed by atoms with Crippen molar-refractivity contribution in [2.45, 2.75) is 74.1 Å². The molecule has 0 aliphatic carbocycles. The second kappa shape index (κ2) is 23.5. The molecule has 210 valence electrons. The van der Waals surface area contributed by atoms with Crippen LogP contribution in [0.1, 0.15) is 77.6 Å². The minimum Gasteiger partial charge on any atom is -0.465 e. The van der Waals surface area contributed by atoms with Crippen molar-refractivity contribution in [3.8, 4) is 0 Å². The maximum atomic E-state index is 11.5. The first kappa shape index (κ1) is 36.2. The quantitative estimate of drug-likeness (QED) is 0.194. The number of rotatable bonds is 12. The Hall–Kier alpha value is -2.93. The van der Waals surface area contributed by atoms with Crippen LogP contribution in [0.3, 0.4) is 0 Å². The van der Waals surface area contributed by atoms with Crippen LogP contribution in [0, 0.1) is 12.3 Å². The minimum atomic E-state index is -0.196. The Labute approximate surface area is 226 Å². The first-order valence-electron chi connectivity index (χ1n) is 13.7. The molecule has 2 rings (SSSR count). The molecule has 7 heteroatoms. The van der Waals surface area contributed by atoms with Crippen molar-refractivity contribution >= 4 is 23.7 Å². The second-order valence-electron chi connectivity index (χ2n) is 8.35. The molecular formula is C30H53N5O2. The number of nitrogens with two attached hydrogens (primary N) is 1. The summed E-state index contributed by atoms with van der Waals surface area (Å²) >= 11 is 0. The summed E-state index contributed by atoms with van der Waals surface area (Å²) in [7, 11) is 3.69. The summed E-state index contributed by atoms with van der Waals surface area (Å²) in [5, 5.41) is 6.92. The molecule has 0 saturated carbocycles. The average molecular weight is 516 g/mol. The fourth-order valence-electron chi connectivity index (χ4n) is 3.32. The highest BCUT2D eigenvalue weighted by Crippen LogP contribution is 2.20. The van der Waals surface area contributed by atoms with Crippen LogP contribution in [0.15, 0.2) is 36.4 Å². The van der Waals surface area contributed by atoms with Gasteiger partial charge in [0.1, 0.15) is 5.82 Å². The van der Waals surface area contributed by atoms with Crippen LogP contribution in [-0.4, -0.2) is 62.4 Å². The standard InChI is InChI=1S/C18H32N4O2.C8H9N.2C2H6/c1-5-9-22(10-6-2)16-12-15(20-17(19)13-16)8-7-11-24-18(23)14-21(3)4;1-7-3-2-4-8(5-7)6-9;2*1-2/h12-13H,5-11,14H2,1-4H3,(H2,19,20);2-6,9H,1H3;2*1-2H3. The maximum Gasteiger partial charge on any atom is 0.320 e. The predicted octanol–water partition coefficient (Wildman–Crippen LogP) is 6.37.